The number of halogens is 3. The van der Waals surface area contributed by atoms with Crippen LogP contribution in [-0.4, -0.2) is 26.3 Å². The van der Waals surface area contributed by atoms with E-state index in [1.807, 2.05) is 42.5 Å². The van der Waals surface area contributed by atoms with Crippen LogP contribution in [0.5, 0.6) is 5.75 Å². The monoisotopic (exact) mass is 496 g/mol. The summed E-state index contributed by atoms with van der Waals surface area (Å²) in [6, 6.07) is 20.6. The standard InChI is InChI=1S/C26H23F3N4O3/c1-25(30,14-22(34)35)24-31-23(32-33-24)19-11-12-21(20(13-19)26(27,28)29)36-15-16-7-9-18(10-8-16)17-5-3-2-4-6-17/h2-13H,14-15,30H2,1H3,(H,34,35)(H,31,32,33)/t25-/m0/s1. The normalized spacial score (nSPS) is 13.2. The number of carboxylic acid groups (broad SMARTS) is 1. The lowest BCUT2D eigenvalue weighted by atomic mass is 9.99. The summed E-state index contributed by atoms with van der Waals surface area (Å²) >= 11 is 0. The molecule has 10 heteroatoms. The second-order valence-electron chi connectivity index (χ2n) is 8.56. The molecule has 0 radical (unpaired) electrons. The number of nitrogens with zero attached hydrogens (tertiary/aromatic N) is 2. The Morgan fingerprint density at radius 3 is 2.28 bits per heavy atom. The van der Waals surface area contributed by atoms with Crippen molar-refractivity contribution in [3.63, 3.8) is 0 Å². The summed E-state index contributed by atoms with van der Waals surface area (Å²) in [5.74, 6) is -1.47. The highest BCUT2D eigenvalue weighted by Crippen LogP contribution is 2.39. The average Bonchev–Trinajstić information content (AvgIpc) is 3.34. The summed E-state index contributed by atoms with van der Waals surface area (Å²) in [6.07, 6.45) is -5.12. The van der Waals surface area contributed by atoms with Gasteiger partial charge in [-0.25, -0.2) is 4.98 Å². The highest BCUT2D eigenvalue weighted by atomic mass is 19.4. The Morgan fingerprint density at radius 1 is 1.00 bits per heavy atom. The number of aliphatic carboxylic acids is 1. The van der Waals surface area contributed by atoms with Crippen LogP contribution in [0.1, 0.15) is 30.3 Å². The molecule has 0 saturated carbocycles. The van der Waals surface area contributed by atoms with E-state index in [1.54, 1.807) is 12.1 Å². The third-order valence-electron chi connectivity index (χ3n) is 5.54. The minimum atomic E-state index is -4.69. The predicted octanol–water partition coefficient (Wildman–Crippen LogP) is 5.39. The Balaban J connectivity index is 1.54. The lowest BCUT2D eigenvalue weighted by Crippen LogP contribution is -2.36. The topological polar surface area (TPSA) is 114 Å². The number of H-pyrrole nitrogens is 1. The van der Waals surface area contributed by atoms with Gasteiger partial charge in [-0.2, -0.15) is 18.3 Å². The summed E-state index contributed by atoms with van der Waals surface area (Å²) in [5, 5.41) is 15.5. The van der Waals surface area contributed by atoms with Gasteiger partial charge >= 0.3 is 12.1 Å². The molecule has 0 aliphatic carbocycles. The van der Waals surface area contributed by atoms with E-state index in [4.69, 9.17) is 15.6 Å². The number of hydrogen-bond acceptors (Lipinski definition) is 5. The fourth-order valence-electron chi connectivity index (χ4n) is 3.65. The van der Waals surface area contributed by atoms with Gasteiger partial charge in [0.1, 0.15) is 18.2 Å². The van der Waals surface area contributed by atoms with Gasteiger partial charge in [-0.05, 0) is 41.8 Å². The number of benzene rings is 3. The van der Waals surface area contributed by atoms with Gasteiger partial charge in [-0.3, -0.25) is 9.89 Å². The van der Waals surface area contributed by atoms with Crippen LogP contribution in [-0.2, 0) is 23.1 Å². The summed E-state index contributed by atoms with van der Waals surface area (Å²) in [5.41, 5.74) is 6.44. The smallest absolute Gasteiger partial charge is 0.419 e. The molecular weight excluding hydrogens is 473 g/mol. The molecule has 1 aromatic heterocycles. The largest absolute Gasteiger partial charge is 0.488 e. The van der Waals surface area contributed by atoms with Crippen LogP contribution < -0.4 is 10.5 Å². The summed E-state index contributed by atoms with van der Waals surface area (Å²) in [7, 11) is 0. The second kappa shape index (κ2) is 9.82. The molecular formula is C26H23F3N4O3. The molecule has 0 aliphatic rings. The van der Waals surface area contributed by atoms with Crippen molar-refractivity contribution < 1.29 is 27.8 Å². The van der Waals surface area contributed by atoms with Crippen molar-refractivity contribution in [3.05, 3.63) is 89.7 Å². The van der Waals surface area contributed by atoms with Gasteiger partial charge in [0.25, 0.3) is 0 Å². The van der Waals surface area contributed by atoms with Crippen molar-refractivity contribution in [2.45, 2.75) is 31.7 Å². The Bertz CT molecular complexity index is 1350. The molecule has 0 aliphatic heterocycles. The van der Waals surface area contributed by atoms with Gasteiger partial charge in [0.15, 0.2) is 5.82 Å². The van der Waals surface area contributed by atoms with Crippen molar-refractivity contribution in [1.82, 2.24) is 15.2 Å². The van der Waals surface area contributed by atoms with Crippen molar-refractivity contribution in [3.8, 4) is 28.3 Å². The number of aromatic amines is 1. The Hall–Kier alpha value is -4.18. The quantitative estimate of drug-likeness (QED) is 0.302. The van der Waals surface area contributed by atoms with E-state index < -0.39 is 29.7 Å². The zero-order valence-electron chi connectivity index (χ0n) is 19.2. The molecule has 1 atom stereocenters. The second-order valence-corrected chi connectivity index (χ2v) is 8.56. The molecule has 0 bridgehead atoms. The SMILES string of the molecule is C[C@](N)(CC(=O)O)c1nc(-c2ccc(OCc3ccc(-c4ccccc4)cc3)c(C(F)(F)F)c2)n[nH]1. The number of rotatable bonds is 8. The van der Waals surface area contributed by atoms with Crippen LogP contribution in [0.3, 0.4) is 0 Å². The molecule has 7 nitrogen and oxygen atoms in total. The predicted molar refractivity (Wildman–Crippen MR) is 127 cm³/mol. The van der Waals surface area contributed by atoms with Crippen molar-refractivity contribution in [2.75, 3.05) is 0 Å². The molecule has 4 aromatic rings. The number of nitrogens with two attached hydrogens (primary N) is 1. The summed E-state index contributed by atoms with van der Waals surface area (Å²) in [6.45, 7) is 1.39. The maximum Gasteiger partial charge on any atom is 0.419 e. The highest BCUT2D eigenvalue weighted by Gasteiger charge is 2.35. The van der Waals surface area contributed by atoms with Gasteiger partial charge < -0.3 is 15.6 Å². The first-order valence-electron chi connectivity index (χ1n) is 11.0. The van der Waals surface area contributed by atoms with Gasteiger partial charge in [0.2, 0.25) is 0 Å². The van der Waals surface area contributed by atoms with E-state index >= 15 is 0 Å². The number of hydrogen-bond donors (Lipinski definition) is 3. The molecule has 0 amide bonds. The summed E-state index contributed by atoms with van der Waals surface area (Å²) in [4.78, 5) is 15.1. The van der Waals surface area contributed by atoms with Crippen LogP contribution in [0.4, 0.5) is 13.2 Å². The Kier molecular flexibility index (Phi) is 6.80. The molecule has 0 fully saturated rings. The molecule has 186 valence electrons. The fraction of sp³-hybridized carbons (Fsp3) is 0.192. The van der Waals surface area contributed by atoms with Gasteiger partial charge in [0, 0.05) is 5.56 Å². The third-order valence-corrected chi connectivity index (χ3v) is 5.54. The first-order chi connectivity index (χ1) is 17.0. The zero-order valence-corrected chi connectivity index (χ0v) is 19.2. The minimum Gasteiger partial charge on any atom is -0.488 e. The number of aromatic nitrogens is 3. The molecule has 1 heterocycles. The number of nitrogens with one attached hydrogen (secondary N) is 1. The van der Waals surface area contributed by atoms with Crippen LogP contribution in [0, 0.1) is 0 Å². The summed E-state index contributed by atoms with van der Waals surface area (Å²) < 4.78 is 47.0. The first kappa shape index (κ1) is 24.9. The average molecular weight is 496 g/mol. The maximum absolute atomic E-state index is 13.8. The molecule has 3 aromatic carbocycles. The Labute approximate surface area is 204 Å². The fourth-order valence-corrected chi connectivity index (χ4v) is 3.65. The third kappa shape index (κ3) is 5.72. The van der Waals surface area contributed by atoms with Crippen molar-refractivity contribution in [2.24, 2.45) is 5.73 Å². The van der Waals surface area contributed by atoms with Crippen LogP contribution in [0.15, 0.2) is 72.8 Å². The van der Waals surface area contributed by atoms with E-state index in [9.17, 15) is 18.0 Å². The van der Waals surface area contributed by atoms with Crippen LogP contribution in [0.2, 0.25) is 0 Å². The molecule has 4 N–H and O–H groups in total. The lowest BCUT2D eigenvalue weighted by Gasteiger charge is -2.18. The van der Waals surface area contributed by atoms with Gasteiger partial charge in [-0.15, -0.1) is 0 Å². The van der Waals surface area contributed by atoms with Crippen LogP contribution in [0.25, 0.3) is 22.5 Å². The maximum atomic E-state index is 13.8. The van der Waals surface area contributed by atoms with E-state index in [2.05, 4.69) is 15.2 Å². The number of alkyl halides is 3. The first-order valence-corrected chi connectivity index (χ1v) is 11.0. The zero-order chi connectivity index (χ0) is 25.9. The number of carbonyl (C=O) groups is 1. The van der Waals surface area contributed by atoms with Gasteiger partial charge in [0.05, 0.1) is 17.5 Å². The minimum absolute atomic E-state index is 0.0411. The molecule has 4 rings (SSSR count). The molecule has 0 spiro atoms. The number of ether oxygens (including phenoxy) is 1. The van der Waals surface area contributed by atoms with Gasteiger partial charge in [-0.1, -0.05) is 54.6 Å². The van der Waals surface area contributed by atoms with E-state index in [-0.39, 0.29) is 29.6 Å². The van der Waals surface area contributed by atoms with Crippen LogP contribution >= 0.6 is 0 Å². The van der Waals surface area contributed by atoms with Crippen molar-refractivity contribution in [1.29, 1.82) is 0 Å². The molecule has 0 saturated heterocycles. The van der Waals surface area contributed by atoms with E-state index in [1.165, 1.54) is 19.1 Å². The van der Waals surface area contributed by atoms with Crippen molar-refractivity contribution >= 4 is 5.97 Å². The number of carboxylic acids is 1. The van der Waals surface area contributed by atoms with E-state index in [0.717, 1.165) is 17.2 Å². The lowest BCUT2D eigenvalue weighted by molar-refractivity contribution is -0.139. The highest BCUT2D eigenvalue weighted by molar-refractivity contribution is 5.68. The van der Waals surface area contributed by atoms with E-state index in [0.29, 0.717) is 5.56 Å². The molecule has 36 heavy (non-hydrogen) atoms. The molecule has 0 unspecified atom stereocenters. The Morgan fingerprint density at radius 2 is 1.64 bits per heavy atom.